The van der Waals surface area contributed by atoms with E-state index >= 15 is 0 Å². The van der Waals surface area contributed by atoms with Crippen LogP contribution in [-0.2, 0) is 4.79 Å². The van der Waals surface area contributed by atoms with Gasteiger partial charge in [-0.05, 0) is 5.41 Å². The molecule has 0 saturated carbocycles. The fourth-order valence-electron chi connectivity index (χ4n) is 1.07. The number of halogens is 1. The van der Waals surface area contributed by atoms with Crippen molar-refractivity contribution in [1.82, 2.24) is 4.90 Å². The first-order chi connectivity index (χ1) is 5.72. The molecule has 1 unspecified atom stereocenters. The largest absolute Gasteiger partial charge is 0.345 e. The maximum atomic E-state index is 11.6. The van der Waals surface area contributed by atoms with E-state index in [1.165, 1.54) is 0 Å². The molecule has 0 heterocycles. The van der Waals surface area contributed by atoms with Crippen molar-refractivity contribution in [3.63, 3.8) is 0 Å². The van der Waals surface area contributed by atoms with Crippen LogP contribution in [0.1, 0.15) is 34.1 Å². The van der Waals surface area contributed by atoms with Crippen LogP contribution in [0.3, 0.4) is 0 Å². The molecule has 13 heavy (non-hydrogen) atoms. The van der Waals surface area contributed by atoms with Crippen LogP contribution in [0.15, 0.2) is 0 Å². The van der Waals surface area contributed by atoms with Crippen LogP contribution in [0, 0.1) is 5.41 Å². The molecular formula is C10H20BrNO. The molecule has 0 bridgehead atoms. The van der Waals surface area contributed by atoms with Crippen molar-refractivity contribution in [2.24, 2.45) is 5.41 Å². The van der Waals surface area contributed by atoms with E-state index in [4.69, 9.17) is 0 Å². The van der Waals surface area contributed by atoms with Crippen molar-refractivity contribution in [3.05, 3.63) is 0 Å². The second-order valence-electron chi connectivity index (χ2n) is 4.79. The molecular weight excluding hydrogens is 230 g/mol. The van der Waals surface area contributed by atoms with Crippen molar-refractivity contribution in [3.8, 4) is 0 Å². The van der Waals surface area contributed by atoms with Gasteiger partial charge in [0.25, 0.3) is 0 Å². The zero-order valence-corrected chi connectivity index (χ0v) is 10.8. The Hall–Kier alpha value is -0.0500. The fourth-order valence-corrected chi connectivity index (χ4v) is 1.50. The second-order valence-corrected chi connectivity index (χ2v) is 6.36. The molecule has 0 fully saturated rings. The third-order valence-corrected chi connectivity index (χ3v) is 1.92. The van der Waals surface area contributed by atoms with E-state index in [2.05, 4.69) is 36.7 Å². The number of rotatable bonds is 3. The first-order valence-electron chi connectivity index (χ1n) is 4.60. The summed E-state index contributed by atoms with van der Waals surface area (Å²) in [5, 5.41) is 0. The van der Waals surface area contributed by atoms with Crippen LogP contribution in [-0.4, -0.2) is 29.2 Å². The van der Waals surface area contributed by atoms with E-state index in [0.29, 0.717) is 11.2 Å². The molecule has 1 amide bonds. The lowest BCUT2D eigenvalue weighted by atomic mass is 9.92. The van der Waals surface area contributed by atoms with E-state index in [1.807, 2.05) is 14.0 Å². The quantitative estimate of drug-likeness (QED) is 0.705. The molecule has 3 heteroatoms. The second kappa shape index (κ2) is 4.99. The highest BCUT2D eigenvalue weighted by Gasteiger charge is 2.19. The molecule has 0 rings (SSSR count). The minimum Gasteiger partial charge on any atom is -0.345 e. The molecule has 78 valence electrons. The first-order valence-corrected chi connectivity index (χ1v) is 5.52. The van der Waals surface area contributed by atoms with Crippen molar-refractivity contribution >= 4 is 21.8 Å². The molecule has 1 atom stereocenters. The molecule has 0 aliphatic rings. The van der Waals surface area contributed by atoms with Gasteiger partial charge in [0.2, 0.25) is 5.91 Å². The van der Waals surface area contributed by atoms with Crippen LogP contribution in [0.2, 0.25) is 0 Å². The maximum absolute atomic E-state index is 11.6. The summed E-state index contributed by atoms with van der Waals surface area (Å²) >= 11 is 3.43. The van der Waals surface area contributed by atoms with Crippen molar-refractivity contribution in [2.45, 2.75) is 38.9 Å². The number of hydrogen-bond acceptors (Lipinski definition) is 1. The predicted molar refractivity (Wildman–Crippen MR) is 60.1 cm³/mol. The number of alkyl halides is 1. The zero-order chi connectivity index (χ0) is 10.6. The van der Waals surface area contributed by atoms with E-state index < -0.39 is 0 Å². The highest BCUT2D eigenvalue weighted by Crippen LogP contribution is 2.19. The average Bonchev–Trinajstić information content (AvgIpc) is 1.81. The van der Waals surface area contributed by atoms with Gasteiger partial charge >= 0.3 is 0 Å². The molecule has 0 aromatic rings. The smallest absolute Gasteiger partial charge is 0.222 e. The lowest BCUT2D eigenvalue weighted by molar-refractivity contribution is -0.131. The number of carbonyl (C=O) groups excluding carboxylic acids is 1. The summed E-state index contributed by atoms with van der Waals surface area (Å²) in [6, 6.07) is 0. The summed E-state index contributed by atoms with van der Waals surface area (Å²) in [5.74, 6) is 0.221. The van der Waals surface area contributed by atoms with Crippen LogP contribution in [0.5, 0.6) is 0 Å². The fraction of sp³-hybridized carbons (Fsp3) is 0.900. The Morgan fingerprint density at radius 3 is 2.23 bits per heavy atom. The lowest BCUT2D eigenvalue weighted by Crippen LogP contribution is -2.33. The van der Waals surface area contributed by atoms with E-state index in [-0.39, 0.29) is 11.3 Å². The Morgan fingerprint density at radius 2 is 1.92 bits per heavy atom. The van der Waals surface area contributed by atoms with Crippen LogP contribution in [0.4, 0.5) is 0 Å². The Balaban J connectivity index is 3.97. The van der Waals surface area contributed by atoms with Gasteiger partial charge in [0.15, 0.2) is 0 Å². The van der Waals surface area contributed by atoms with Gasteiger partial charge in [0.1, 0.15) is 0 Å². The summed E-state index contributed by atoms with van der Waals surface area (Å²) in [7, 11) is 1.85. The van der Waals surface area contributed by atoms with Gasteiger partial charge in [-0.3, -0.25) is 4.79 Å². The Bertz CT molecular complexity index is 172. The molecule has 0 saturated heterocycles. The van der Waals surface area contributed by atoms with Gasteiger partial charge in [-0.2, -0.15) is 0 Å². The summed E-state index contributed by atoms with van der Waals surface area (Å²) in [4.78, 5) is 13.7. The van der Waals surface area contributed by atoms with E-state index in [1.54, 1.807) is 4.90 Å². The Labute approximate surface area is 89.8 Å². The van der Waals surface area contributed by atoms with Crippen LogP contribution >= 0.6 is 15.9 Å². The van der Waals surface area contributed by atoms with Gasteiger partial charge < -0.3 is 4.90 Å². The number of amides is 1. The Kier molecular flexibility index (Phi) is 4.97. The van der Waals surface area contributed by atoms with Gasteiger partial charge in [0.05, 0.1) is 0 Å². The molecule has 0 aromatic carbocycles. The Morgan fingerprint density at radius 1 is 1.46 bits per heavy atom. The van der Waals surface area contributed by atoms with Crippen molar-refractivity contribution in [1.29, 1.82) is 0 Å². The van der Waals surface area contributed by atoms with Crippen molar-refractivity contribution in [2.75, 3.05) is 13.6 Å². The molecule has 0 spiro atoms. The SMILES string of the molecule is CC(Br)CN(C)C(=O)CC(C)(C)C. The zero-order valence-electron chi connectivity index (χ0n) is 9.22. The lowest BCUT2D eigenvalue weighted by Gasteiger charge is -2.24. The molecule has 0 aliphatic carbocycles. The molecule has 0 aromatic heterocycles. The highest BCUT2D eigenvalue weighted by atomic mass is 79.9. The third-order valence-electron chi connectivity index (χ3n) is 1.63. The standard InChI is InChI=1S/C10H20BrNO/c1-8(11)7-12(5)9(13)6-10(2,3)4/h8H,6-7H2,1-5H3. The minimum atomic E-state index is 0.0842. The predicted octanol–water partition coefficient (Wildman–Crippen LogP) is 2.66. The van der Waals surface area contributed by atoms with Gasteiger partial charge in [-0.1, -0.05) is 43.6 Å². The monoisotopic (exact) mass is 249 g/mol. The summed E-state index contributed by atoms with van der Waals surface area (Å²) < 4.78 is 0. The van der Waals surface area contributed by atoms with Crippen molar-refractivity contribution < 1.29 is 4.79 Å². The summed E-state index contributed by atoms with van der Waals surface area (Å²) in [5.41, 5.74) is 0.0842. The minimum absolute atomic E-state index is 0.0842. The number of nitrogens with zero attached hydrogens (tertiary/aromatic N) is 1. The normalized spacial score (nSPS) is 14.0. The highest BCUT2D eigenvalue weighted by molar-refractivity contribution is 9.09. The first kappa shape index (κ1) is 12.9. The van der Waals surface area contributed by atoms with E-state index in [9.17, 15) is 4.79 Å². The van der Waals surface area contributed by atoms with Gasteiger partial charge in [-0.25, -0.2) is 0 Å². The van der Waals surface area contributed by atoms with Gasteiger partial charge in [0, 0.05) is 24.8 Å². The summed E-state index contributed by atoms with van der Waals surface area (Å²) in [6.45, 7) is 9.05. The molecule has 0 radical (unpaired) electrons. The maximum Gasteiger partial charge on any atom is 0.222 e. The van der Waals surface area contributed by atoms with Crippen LogP contribution in [0.25, 0.3) is 0 Å². The van der Waals surface area contributed by atoms with E-state index in [0.717, 1.165) is 6.54 Å². The summed E-state index contributed by atoms with van der Waals surface area (Å²) in [6.07, 6.45) is 0.614. The molecule has 2 nitrogen and oxygen atoms in total. The number of carbonyl (C=O) groups is 1. The third kappa shape index (κ3) is 7.05. The number of hydrogen-bond donors (Lipinski definition) is 0. The van der Waals surface area contributed by atoms with Crippen LogP contribution < -0.4 is 0 Å². The topological polar surface area (TPSA) is 20.3 Å². The molecule has 0 aliphatic heterocycles. The molecule has 0 N–H and O–H groups in total. The average molecular weight is 250 g/mol. The van der Waals surface area contributed by atoms with Gasteiger partial charge in [-0.15, -0.1) is 0 Å².